The van der Waals surface area contributed by atoms with Gasteiger partial charge < -0.3 is 27.9 Å². The molecule has 8 aromatic rings. The summed E-state index contributed by atoms with van der Waals surface area (Å²) in [6, 6.07) is 25.3. The van der Waals surface area contributed by atoms with Gasteiger partial charge in [0, 0.05) is 46.0 Å². The van der Waals surface area contributed by atoms with Crippen molar-refractivity contribution in [2.75, 3.05) is 0 Å². The third-order valence-corrected chi connectivity index (χ3v) is 13.8. The third kappa shape index (κ3) is 7.70. The van der Waals surface area contributed by atoms with Gasteiger partial charge in [0.15, 0.2) is 26.5 Å². The van der Waals surface area contributed by atoms with E-state index >= 15 is 0 Å². The number of hydrogen-bond acceptors (Lipinski definition) is 16. The molecule has 0 spiro atoms. The van der Waals surface area contributed by atoms with Gasteiger partial charge in [0.1, 0.15) is 26.2 Å². The number of carbonyl (C=O) groups is 1. The molecule has 0 amide bonds. The summed E-state index contributed by atoms with van der Waals surface area (Å²) in [5, 5.41) is 65.1. The second-order valence-corrected chi connectivity index (χ2v) is 18.3. The van der Waals surface area contributed by atoms with Crippen LogP contribution in [0.25, 0.3) is 47.2 Å². The van der Waals surface area contributed by atoms with Crippen molar-refractivity contribution in [2.24, 2.45) is 0 Å². The molecule has 0 aromatic heterocycles. The van der Waals surface area contributed by atoms with Gasteiger partial charge in [0.05, 0.1) is 5.56 Å². The van der Waals surface area contributed by atoms with Crippen LogP contribution in [0.4, 0.5) is 17.1 Å². The van der Waals surface area contributed by atoms with Crippen molar-refractivity contribution >= 4 is 85.5 Å². The van der Waals surface area contributed by atoms with Crippen LogP contribution in [0.1, 0.15) is 15.9 Å². The molecule has 65 heavy (non-hydrogen) atoms. The molecule has 0 heterocycles. The first-order chi connectivity index (χ1) is 31.0. The fourth-order valence-corrected chi connectivity index (χ4v) is 10.3. The summed E-state index contributed by atoms with van der Waals surface area (Å²) in [6.45, 7) is 0. The van der Waals surface area contributed by atoms with E-state index in [0.29, 0.717) is 0 Å². The van der Waals surface area contributed by atoms with E-state index in [1.54, 1.807) is 0 Å². The van der Waals surface area contributed by atoms with Gasteiger partial charge in [-0.05, 0) is 106 Å². The average Bonchev–Trinajstić information content (AvgIpc) is 3.29. The van der Waals surface area contributed by atoms with Crippen LogP contribution in [0.15, 0.2) is 148 Å². The van der Waals surface area contributed by atoms with Crippen LogP contribution >= 0.6 is 0 Å². The Balaban J connectivity index is 1.16. The molecule has 0 N–H and O–H groups in total. The summed E-state index contributed by atoms with van der Waals surface area (Å²) in [5.41, 5.74) is -1.72. The second-order valence-electron chi connectivity index (χ2n) is 13.7. The standard InChI is InChI=1S/C43H22N6O13S3/c44-47-33-19-16-26-29(41(33)51)4-1-7-37(26)63(54,55)60-24-12-10-23(11-13-24)40(50)32-15-14-25(61-64(56,57)38-8-2-5-30-27(38)17-20-34(48-45)42(30)52)22-36(32)62-65(58,59)39-9-3-6-31-28(39)18-21-35(49-46)43(31)53/h1-22H. The van der Waals surface area contributed by atoms with Crippen LogP contribution in [0.2, 0.25) is 0 Å². The Morgan fingerprint density at radius 3 is 1.20 bits per heavy atom. The van der Waals surface area contributed by atoms with Crippen LogP contribution in [-0.4, -0.2) is 31.0 Å². The lowest BCUT2D eigenvalue weighted by Gasteiger charge is -2.16. The van der Waals surface area contributed by atoms with Crippen LogP contribution in [0, 0.1) is 16.2 Å². The summed E-state index contributed by atoms with van der Waals surface area (Å²) in [4.78, 5) is 21.4. The zero-order valence-electron chi connectivity index (χ0n) is 32.4. The minimum atomic E-state index is -5.02. The first-order valence-corrected chi connectivity index (χ1v) is 22.6. The molecule has 22 heteroatoms. The van der Waals surface area contributed by atoms with E-state index in [0.717, 1.165) is 72.8 Å². The lowest BCUT2D eigenvalue weighted by Crippen LogP contribution is -2.15. The van der Waals surface area contributed by atoms with E-state index in [-0.39, 0.29) is 60.7 Å². The van der Waals surface area contributed by atoms with Crippen molar-refractivity contribution in [3.8, 4) is 34.5 Å². The minimum absolute atomic E-state index is 0.0246. The molecule has 0 unspecified atom stereocenters. The topological polar surface area (TPSA) is 301 Å². The SMILES string of the molecule is N#[N+]c1ccc2c(S(=O)(=O)Oc3ccc(C(=O)c4ccc(OS(=O)(=O)c5cccc6c([O-])c([N+]#N)ccc56)cc4OS(=O)(=O)c4cccc5c([O-])c([N+]#N)ccc45)cc3)cccc2c1[O-]. The molecular formula is C43H22N6O13S3. The first-order valence-electron chi connectivity index (χ1n) is 18.3. The number of hydrogen-bond donors (Lipinski definition) is 0. The maximum Gasteiger partial charge on any atom is 0.378 e. The van der Waals surface area contributed by atoms with Gasteiger partial charge in [-0.15, -0.1) is 0 Å². The Labute approximate surface area is 366 Å². The number of diazo groups is 3. The van der Waals surface area contributed by atoms with Crippen molar-refractivity contribution in [1.82, 2.24) is 0 Å². The highest BCUT2D eigenvalue weighted by atomic mass is 32.2. The maximum absolute atomic E-state index is 14.1. The van der Waals surface area contributed by atoms with Gasteiger partial charge in [-0.25, -0.2) is 0 Å². The van der Waals surface area contributed by atoms with Crippen molar-refractivity contribution in [2.45, 2.75) is 14.7 Å². The fourth-order valence-electron chi connectivity index (χ4n) is 6.89. The molecule has 0 atom stereocenters. The molecule has 0 saturated carbocycles. The van der Waals surface area contributed by atoms with Crippen molar-refractivity contribution in [3.63, 3.8) is 0 Å². The summed E-state index contributed by atoms with van der Waals surface area (Å²) in [6.07, 6.45) is 0. The smallest absolute Gasteiger partial charge is 0.378 e. The van der Waals surface area contributed by atoms with E-state index in [1.807, 2.05) is 0 Å². The summed E-state index contributed by atoms with van der Waals surface area (Å²) in [5.74, 6) is -4.91. The predicted octanol–water partition coefficient (Wildman–Crippen LogP) is 7.35. The molecule has 0 radical (unpaired) electrons. The lowest BCUT2D eigenvalue weighted by atomic mass is 10.0. The highest BCUT2D eigenvalue weighted by molar-refractivity contribution is 7.88. The zero-order chi connectivity index (χ0) is 46.4. The van der Waals surface area contributed by atoms with Crippen LogP contribution in [0.3, 0.4) is 0 Å². The maximum atomic E-state index is 14.1. The monoisotopic (exact) mass is 926 g/mol. The molecule has 19 nitrogen and oxygen atoms in total. The zero-order valence-corrected chi connectivity index (χ0v) is 34.9. The number of rotatable bonds is 11. The molecule has 0 fully saturated rings. The van der Waals surface area contributed by atoms with Crippen molar-refractivity contribution in [3.05, 3.63) is 160 Å². The quantitative estimate of drug-likeness (QED) is 0.0695. The van der Waals surface area contributed by atoms with Crippen molar-refractivity contribution in [1.29, 1.82) is 16.2 Å². The second kappa shape index (κ2) is 16.1. The molecule has 0 bridgehead atoms. The number of ketones is 1. The van der Waals surface area contributed by atoms with Crippen LogP contribution < -0.4 is 27.9 Å². The van der Waals surface area contributed by atoms with Gasteiger partial charge in [-0.2, -0.15) is 25.3 Å². The number of benzene rings is 8. The highest BCUT2D eigenvalue weighted by Gasteiger charge is 2.29. The Kier molecular flexibility index (Phi) is 10.6. The molecule has 0 aliphatic heterocycles. The predicted molar refractivity (Wildman–Crippen MR) is 224 cm³/mol. The van der Waals surface area contributed by atoms with Crippen LogP contribution in [0.5, 0.6) is 34.5 Å². The Hall–Kier alpha value is -8.88. The molecule has 0 saturated heterocycles. The molecule has 0 aliphatic rings. The lowest BCUT2D eigenvalue weighted by molar-refractivity contribution is -0.265. The highest BCUT2D eigenvalue weighted by Crippen LogP contribution is 2.40. The molecule has 8 rings (SSSR count). The third-order valence-electron chi connectivity index (χ3n) is 9.91. The molecule has 0 aliphatic carbocycles. The van der Waals surface area contributed by atoms with E-state index in [4.69, 9.17) is 17.9 Å². The van der Waals surface area contributed by atoms with Gasteiger partial charge in [-0.3, -0.25) is 4.79 Å². The van der Waals surface area contributed by atoms with Gasteiger partial charge in [-0.1, -0.05) is 36.4 Å². The van der Waals surface area contributed by atoms with E-state index in [2.05, 4.69) is 14.9 Å². The number of carbonyl (C=O) groups excluding carboxylic acids is 1. The average molecular weight is 927 g/mol. The summed E-state index contributed by atoms with van der Waals surface area (Å²) in [7, 11) is -14.5. The van der Waals surface area contributed by atoms with Gasteiger partial charge >= 0.3 is 47.4 Å². The Morgan fingerprint density at radius 2 is 0.800 bits per heavy atom. The number of fused-ring (bicyclic) bond motifs is 3. The molecule has 320 valence electrons. The van der Waals surface area contributed by atoms with E-state index < -0.39 is 85.1 Å². The Morgan fingerprint density at radius 1 is 0.431 bits per heavy atom. The van der Waals surface area contributed by atoms with Gasteiger partial charge in [0.25, 0.3) is 0 Å². The number of nitrogens with zero attached hydrogens (tertiary/aromatic N) is 6. The van der Waals surface area contributed by atoms with Crippen molar-refractivity contribution < 1.29 is 57.9 Å². The minimum Gasteiger partial charge on any atom is -0.867 e. The summed E-state index contributed by atoms with van der Waals surface area (Å²) >= 11 is 0. The van der Waals surface area contributed by atoms with E-state index in [1.165, 1.54) is 60.7 Å². The normalized spacial score (nSPS) is 11.6. The molecular weight excluding hydrogens is 905 g/mol. The fraction of sp³-hybridized carbons (Fsp3) is 0. The van der Waals surface area contributed by atoms with E-state index in [9.17, 15) is 56.2 Å². The Bertz CT molecular complexity index is 3850. The van der Waals surface area contributed by atoms with Crippen LogP contribution in [-0.2, 0) is 30.4 Å². The summed E-state index contributed by atoms with van der Waals surface area (Å²) < 4.78 is 98.6. The largest absolute Gasteiger partial charge is 0.867 e. The first kappa shape index (κ1) is 42.8. The molecule has 8 aromatic carbocycles. The van der Waals surface area contributed by atoms with Gasteiger partial charge in [0.2, 0.25) is 16.2 Å².